The zero-order chi connectivity index (χ0) is 13.7. The van der Waals surface area contributed by atoms with Crippen molar-refractivity contribution < 1.29 is 4.39 Å². The van der Waals surface area contributed by atoms with E-state index in [1.165, 1.54) is 11.9 Å². The predicted molar refractivity (Wildman–Crippen MR) is 71.5 cm³/mol. The smallest absolute Gasteiger partial charge is 0.186 e. The van der Waals surface area contributed by atoms with Gasteiger partial charge in [0.05, 0.1) is 11.9 Å². The molecule has 0 unspecified atom stereocenters. The van der Waals surface area contributed by atoms with Crippen LogP contribution in [0.5, 0.6) is 0 Å². The molecule has 2 aromatic heterocycles. The van der Waals surface area contributed by atoms with Crippen LogP contribution in [0.2, 0.25) is 0 Å². The molecule has 102 valence electrons. The van der Waals surface area contributed by atoms with Gasteiger partial charge in [0.25, 0.3) is 0 Å². The third-order valence-corrected chi connectivity index (χ3v) is 3.05. The number of hydrogen-bond donors (Lipinski definition) is 2. The average Bonchev–Trinajstić information content (AvgIpc) is 2.82. The summed E-state index contributed by atoms with van der Waals surface area (Å²) in [5.41, 5.74) is 2.73. The van der Waals surface area contributed by atoms with Gasteiger partial charge in [0, 0.05) is 12.2 Å². The van der Waals surface area contributed by atoms with Gasteiger partial charge in [0.1, 0.15) is 6.33 Å². The lowest BCUT2D eigenvalue weighted by atomic mass is 10.1. The largest absolute Gasteiger partial charge is 0.368 e. The maximum Gasteiger partial charge on any atom is 0.186 e. The molecule has 0 radical (unpaired) electrons. The molecule has 0 aliphatic carbocycles. The maximum absolute atomic E-state index is 13.8. The number of anilines is 1. The lowest BCUT2D eigenvalue weighted by molar-refractivity contribution is 0.596. The van der Waals surface area contributed by atoms with E-state index in [0.717, 1.165) is 18.5 Å². The molecule has 0 fully saturated rings. The molecule has 0 aliphatic rings. The minimum atomic E-state index is -0.343. The molecule has 19 heavy (non-hydrogen) atoms. The summed E-state index contributed by atoms with van der Waals surface area (Å²) in [7, 11) is 0. The van der Waals surface area contributed by atoms with Gasteiger partial charge in [-0.05, 0) is 31.7 Å². The van der Waals surface area contributed by atoms with E-state index in [0.29, 0.717) is 18.7 Å². The van der Waals surface area contributed by atoms with Crippen molar-refractivity contribution in [1.82, 2.24) is 20.2 Å². The number of rotatable bonds is 6. The molecule has 0 aromatic carbocycles. The third-order valence-electron chi connectivity index (χ3n) is 3.05. The maximum atomic E-state index is 13.8. The molecule has 0 aliphatic heterocycles. The first-order valence-electron chi connectivity index (χ1n) is 6.44. The highest BCUT2D eigenvalue weighted by Crippen LogP contribution is 2.13. The summed E-state index contributed by atoms with van der Waals surface area (Å²) >= 11 is 0. The Balaban J connectivity index is 1.85. The summed E-state index contributed by atoms with van der Waals surface area (Å²) in [6.45, 7) is 4.53. The summed E-state index contributed by atoms with van der Waals surface area (Å²) in [5, 5.41) is 9.88. The molecule has 0 spiro atoms. The monoisotopic (exact) mass is 263 g/mol. The molecule has 2 heterocycles. The Morgan fingerprint density at radius 3 is 2.89 bits per heavy atom. The molecule has 2 rings (SSSR count). The van der Waals surface area contributed by atoms with Crippen molar-refractivity contribution in [3.63, 3.8) is 0 Å². The Morgan fingerprint density at radius 1 is 1.37 bits per heavy atom. The van der Waals surface area contributed by atoms with Crippen LogP contribution in [0, 0.1) is 12.7 Å². The highest BCUT2D eigenvalue weighted by molar-refractivity contribution is 5.37. The van der Waals surface area contributed by atoms with Gasteiger partial charge in [-0.1, -0.05) is 6.92 Å². The average molecular weight is 263 g/mol. The van der Waals surface area contributed by atoms with Crippen LogP contribution in [0.25, 0.3) is 0 Å². The van der Waals surface area contributed by atoms with Crippen LogP contribution in [0.15, 0.2) is 12.5 Å². The Kier molecular flexibility index (Phi) is 4.43. The van der Waals surface area contributed by atoms with Gasteiger partial charge in [-0.2, -0.15) is 5.10 Å². The van der Waals surface area contributed by atoms with Crippen LogP contribution < -0.4 is 5.32 Å². The number of hydrogen-bond acceptors (Lipinski definition) is 4. The van der Waals surface area contributed by atoms with Gasteiger partial charge in [0.15, 0.2) is 11.6 Å². The van der Waals surface area contributed by atoms with Crippen LogP contribution in [0.3, 0.4) is 0 Å². The predicted octanol–water partition coefficient (Wildman–Crippen LogP) is 2.25. The molecule has 0 saturated carbocycles. The standard InChI is InChI=1S/C13H18FN5/c1-3-11-12(14)13(17-8-16-11)15-6-4-5-10-7-18-19-9(10)2/h7-8H,3-6H2,1-2H3,(H,18,19)(H,15,16,17). The Morgan fingerprint density at radius 2 is 2.21 bits per heavy atom. The van der Waals surface area contributed by atoms with Gasteiger partial charge in [-0.15, -0.1) is 0 Å². The van der Waals surface area contributed by atoms with E-state index in [4.69, 9.17) is 0 Å². The number of halogens is 1. The molecule has 6 heteroatoms. The van der Waals surface area contributed by atoms with Gasteiger partial charge in [-0.3, -0.25) is 5.10 Å². The number of nitrogens with zero attached hydrogens (tertiary/aromatic N) is 3. The molecule has 0 atom stereocenters. The molecular formula is C13H18FN5. The fraction of sp³-hybridized carbons (Fsp3) is 0.462. The van der Waals surface area contributed by atoms with Crippen LogP contribution >= 0.6 is 0 Å². The highest BCUT2D eigenvalue weighted by Gasteiger charge is 2.08. The van der Waals surface area contributed by atoms with Crippen molar-refractivity contribution >= 4 is 5.82 Å². The van der Waals surface area contributed by atoms with E-state index in [1.54, 1.807) is 0 Å². The number of aromatic amines is 1. The van der Waals surface area contributed by atoms with Crippen molar-refractivity contribution in [2.45, 2.75) is 33.1 Å². The second-order valence-corrected chi connectivity index (χ2v) is 4.39. The lowest BCUT2D eigenvalue weighted by Gasteiger charge is -2.07. The van der Waals surface area contributed by atoms with Gasteiger partial charge >= 0.3 is 0 Å². The third kappa shape index (κ3) is 3.27. The summed E-state index contributed by atoms with van der Waals surface area (Å²) in [6, 6.07) is 0. The molecule has 0 amide bonds. The fourth-order valence-electron chi connectivity index (χ4n) is 1.89. The van der Waals surface area contributed by atoms with E-state index < -0.39 is 0 Å². The number of nitrogens with one attached hydrogen (secondary N) is 2. The lowest BCUT2D eigenvalue weighted by Crippen LogP contribution is -2.09. The first kappa shape index (κ1) is 13.5. The molecule has 0 saturated heterocycles. The van der Waals surface area contributed by atoms with Gasteiger partial charge < -0.3 is 5.32 Å². The summed E-state index contributed by atoms with van der Waals surface area (Å²) in [4.78, 5) is 7.82. The summed E-state index contributed by atoms with van der Waals surface area (Å²) in [5.74, 6) is -0.0553. The fourth-order valence-corrected chi connectivity index (χ4v) is 1.89. The van der Waals surface area contributed by atoms with E-state index >= 15 is 0 Å². The van der Waals surface area contributed by atoms with E-state index in [2.05, 4.69) is 25.5 Å². The number of H-pyrrole nitrogens is 1. The Hall–Kier alpha value is -1.98. The second-order valence-electron chi connectivity index (χ2n) is 4.39. The zero-order valence-electron chi connectivity index (χ0n) is 11.2. The Labute approximate surface area is 111 Å². The molecular weight excluding hydrogens is 245 g/mol. The molecule has 5 nitrogen and oxygen atoms in total. The second kappa shape index (κ2) is 6.26. The topological polar surface area (TPSA) is 66.5 Å². The first-order valence-corrected chi connectivity index (χ1v) is 6.44. The molecule has 0 bridgehead atoms. The summed E-state index contributed by atoms with van der Waals surface area (Å²) < 4.78 is 13.8. The zero-order valence-corrected chi connectivity index (χ0v) is 11.2. The quantitative estimate of drug-likeness (QED) is 0.784. The van der Waals surface area contributed by atoms with Gasteiger partial charge in [0.2, 0.25) is 0 Å². The van der Waals surface area contributed by atoms with Crippen molar-refractivity contribution in [2.75, 3.05) is 11.9 Å². The minimum Gasteiger partial charge on any atom is -0.368 e. The normalized spacial score (nSPS) is 10.7. The first-order chi connectivity index (χ1) is 9.22. The number of aromatic nitrogens is 4. The van der Waals surface area contributed by atoms with Crippen LogP contribution in [0.1, 0.15) is 30.3 Å². The van der Waals surface area contributed by atoms with Gasteiger partial charge in [-0.25, -0.2) is 14.4 Å². The summed E-state index contributed by atoms with van der Waals surface area (Å²) in [6.07, 6.45) is 5.59. The van der Waals surface area contributed by atoms with Crippen LogP contribution in [-0.4, -0.2) is 26.7 Å². The SMILES string of the molecule is CCc1ncnc(NCCCc2cn[nH]c2C)c1F. The molecule has 2 aromatic rings. The van der Waals surface area contributed by atoms with Crippen molar-refractivity contribution in [3.8, 4) is 0 Å². The van der Waals surface area contributed by atoms with Crippen molar-refractivity contribution in [2.24, 2.45) is 0 Å². The Bertz CT molecular complexity index is 538. The van der Waals surface area contributed by atoms with E-state index in [9.17, 15) is 4.39 Å². The molecule has 2 N–H and O–H groups in total. The van der Waals surface area contributed by atoms with Crippen LogP contribution in [0.4, 0.5) is 10.2 Å². The van der Waals surface area contributed by atoms with Crippen molar-refractivity contribution in [1.29, 1.82) is 0 Å². The van der Waals surface area contributed by atoms with Crippen molar-refractivity contribution in [3.05, 3.63) is 35.3 Å². The number of aryl methyl sites for hydroxylation is 3. The van der Waals surface area contributed by atoms with E-state index in [-0.39, 0.29) is 11.6 Å². The minimum absolute atomic E-state index is 0.288. The van der Waals surface area contributed by atoms with Crippen LogP contribution in [-0.2, 0) is 12.8 Å². The highest BCUT2D eigenvalue weighted by atomic mass is 19.1. The van der Waals surface area contributed by atoms with E-state index in [1.807, 2.05) is 20.0 Å².